The Morgan fingerprint density at radius 2 is 1.61 bits per heavy atom. The van der Waals surface area contributed by atoms with Gasteiger partial charge in [-0.25, -0.2) is 0 Å². The van der Waals surface area contributed by atoms with E-state index in [4.69, 9.17) is 0 Å². The van der Waals surface area contributed by atoms with E-state index in [1.165, 1.54) is 5.57 Å². The van der Waals surface area contributed by atoms with E-state index < -0.39 is 5.60 Å². The molecule has 6 rings (SSSR count). The van der Waals surface area contributed by atoms with Crippen LogP contribution in [0.4, 0.5) is 0 Å². The fraction of sp³-hybridized carbons (Fsp3) is 0.433. The van der Waals surface area contributed by atoms with Crippen molar-refractivity contribution in [1.82, 2.24) is 4.90 Å². The Morgan fingerprint density at radius 1 is 1.00 bits per heavy atom. The smallest absolute Gasteiger partial charge is 0.250 e. The SMILES string of the molecule is CC1=CC2C(C(=O)N3CCC[C@H]3C(O)(c3ccccc3)c3ccccc3)=C[C@@H]1CC2C(C)C. The summed E-state index contributed by atoms with van der Waals surface area (Å²) in [5, 5.41) is 12.4. The molecule has 0 aromatic heterocycles. The van der Waals surface area contributed by atoms with Gasteiger partial charge in [-0.05, 0) is 55.1 Å². The molecule has 0 radical (unpaired) electrons. The van der Waals surface area contributed by atoms with E-state index in [0.29, 0.717) is 24.3 Å². The molecule has 2 aromatic rings. The molecule has 2 unspecified atom stereocenters. The molecule has 1 amide bonds. The molecule has 0 saturated carbocycles. The maximum Gasteiger partial charge on any atom is 0.250 e. The lowest BCUT2D eigenvalue weighted by atomic mass is 9.63. The normalized spacial score (nSPS) is 27.0. The van der Waals surface area contributed by atoms with Crippen molar-refractivity contribution in [2.45, 2.75) is 51.7 Å². The highest BCUT2D eigenvalue weighted by Gasteiger charge is 2.49. The largest absolute Gasteiger partial charge is 0.378 e. The first-order valence-corrected chi connectivity index (χ1v) is 12.5. The number of allylic oxidation sites excluding steroid dienone is 3. The van der Waals surface area contributed by atoms with Gasteiger partial charge in [-0.2, -0.15) is 0 Å². The summed E-state index contributed by atoms with van der Waals surface area (Å²) in [4.78, 5) is 16.1. The minimum atomic E-state index is -1.24. The Kier molecular flexibility index (Phi) is 5.78. The lowest BCUT2D eigenvalue weighted by Gasteiger charge is -2.45. The maximum atomic E-state index is 14.1. The predicted octanol–water partition coefficient (Wildman–Crippen LogP) is 5.71. The van der Waals surface area contributed by atoms with Crippen LogP contribution in [0.5, 0.6) is 0 Å². The van der Waals surface area contributed by atoms with Crippen LogP contribution in [0.15, 0.2) is 84.0 Å². The number of nitrogens with zero attached hydrogens (tertiary/aromatic N) is 1. The van der Waals surface area contributed by atoms with Crippen molar-refractivity contribution in [3.8, 4) is 0 Å². The third kappa shape index (κ3) is 3.67. The topological polar surface area (TPSA) is 40.5 Å². The van der Waals surface area contributed by atoms with Crippen molar-refractivity contribution in [3.05, 3.63) is 95.1 Å². The van der Waals surface area contributed by atoms with Gasteiger partial charge in [0.25, 0.3) is 0 Å². The van der Waals surface area contributed by atoms with Gasteiger partial charge in [0, 0.05) is 18.0 Å². The molecule has 1 N–H and O–H groups in total. The van der Waals surface area contributed by atoms with Crippen LogP contribution in [0.1, 0.15) is 51.2 Å². The van der Waals surface area contributed by atoms with E-state index in [1.54, 1.807) is 0 Å². The molecule has 1 aliphatic heterocycles. The Morgan fingerprint density at radius 3 is 2.15 bits per heavy atom. The standard InChI is InChI=1S/C30H35NO2/c1-20(2)25-18-22-19-27(26(25)17-21(22)3)29(32)31-16-10-15-28(31)30(33,23-11-6-4-7-12-23)24-13-8-5-9-14-24/h4-9,11-14,17,19-20,22,25-26,28,33H,10,15-16,18H2,1-3H3/t22-,25?,26?,28-/m0/s1. The summed E-state index contributed by atoms with van der Waals surface area (Å²) in [5.74, 6) is 1.71. The highest BCUT2D eigenvalue weighted by Crippen LogP contribution is 2.48. The Bertz CT molecular complexity index is 1030. The van der Waals surface area contributed by atoms with E-state index in [0.717, 1.165) is 36.0 Å². The van der Waals surface area contributed by atoms with Gasteiger partial charge in [0.05, 0.1) is 6.04 Å². The number of amides is 1. The van der Waals surface area contributed by atoms with Gasteiger partial charge in [-0.1, -0.05) is 92.2 Å². The number of fused-ring (bicyclic) bond motifs is 1. The first-order chi connectivity index (χ1) is 15.9. The number of likely N-dealkylation sites (tertiary alicyclic amines) is 1. The molecule has 4 atom stereocenters. The second kappa shape index (κ2) is 8.61. The Hall–Kier alpha value is -2.65. The van der Waals surface area contributed by atoms with Crippen molar-refractivity contribution < 1.29 is 9.90 Å². The summed E-state index contributed by atoms with van der Waals surface area (Å²) in [6.45, 7) is 7.45. The van der Waals surface area contributed by atoms with E-state index in [1.807, 2.05) is 65.6 Å². The van der Waals surface area contributed by atoms with Gasteiger partial charge in [0.1, 0.15) is 5.60 Å². The fourth-order valence-electron chi connectivity index (χ4n) is 6.45. The minimum Gasteiger partial charge on any atom is -0.378 e. The molecule has 0 spiro atoms. The number of aliphatic hydroxyl groups is 1. The van der Waals surface area contributed by atoms with Gasteiger partial charge in [0.15, 0.2) is 0 Å². The van der Waals surface area contributed by atoms with Crippen molar-refractivity contribution >= 4 is 5.91 Å². The average Bonchev–Trinajstić information content (AvgIpc) is 3.34. The number of rotatable bonds is 5. The second-order valence-corrected chi connectivity index (χ2v) is 10.5. The van der Waals surface area contributed by atoms with Crippen molar-refractivity contribution in [2.75, 3.05) is 6.54 Å². The van der Waals surface area contributed by atoms with Crippen LogP contribution in [0, 0.1) is 23.7 Å². The van der Waals surface area contributed by atoms with Crippen LogP contribution in [0.3, 0.4) is 0 Å². The molecular formula is C30H35NO2. The van der Waals surface area contributed by atoms with Crippen LogP contribution < -0.4 is 0 Å². The molecular weight excluding hydrogens is 406 g/mol. The third-order valence-electron chi connectivity index (χ3n) is 8.28. The van der Waals surface area contributed by atoms with Gasteiger partial charge < -0.3 is 10.0 Å². The van der Waals surface area contributed by atoms with Crippen molar-refractivity contribution in [3.63, 3.8) is 0 Å². The molecule has 1 heterocycles. The molecule has 1 fully saturated rings. The molecule has 172 valence electrons. The molecule has 2 aromatic carbocycles. The zero-order chi connectivity index (χ0) is 23.2. The number of hydrogen-bond acceptors (Lipinski definition) is 2. The highest BCUT2D eigenvalue weighted by molar-refractivity contribution is 5.95. The summed E-state index contributed by atoms with van der Waals surface area (Å²) in [6, 6.07) is 19.4. The molecule has 1 saturated heterocycles. The quantitative estimate of drug-likeness (QED) is 0.604. The third-order valence-corrected chi connectivity index (χ3v) is 8.28. The summed E-state index contributed by atoms with van der Waals surface area (Å²) >= 11 is 0. The first kappa shape index (κ1) is 22.2. The van der Waals surface area contributed by atoms with Crippen LogP contribution in [0.2, 0.25) is 0 Å². The van der Waals surface area contributed by atoms with Crippen LogP contribution in [-0.4, -0.2) is 28.5 Å². The lowest BCUT2D eigenvalue weighted by molar-refractivity contribution is -0.133. The van der Waals surface area contributed by atoms with Crippen molar-refractivity contribution in [1.29, 1.82) is 0 Å². The van der Waals surface area contributed by atoms with Gasteiger partial charge in [-0.15, -0.1) is 0 Å². The number of hydrogen-bond donors (Lipinski definition) is 1. The van der Waals surface area contributed by atoms with E-state index >= 15 is 0 Å². The zero-order valence-corrected chi connectivity index (χ0v) is 19.9. The second-order valence-electron chi connectivity index (χ2n) is 10.5. The monoisotopic (exact) mass is 441 g/mol. The van der Waals surface area contributed by atoms with E-state index in [2.05, 4.69) is 32.9 Å². The maximum absolute atomic E-state index is 14.1. The number of benzene rings is 2. The lowest BCUT2D eigenvalue weighted by Crippen LogP contribution is -2.52. The van der Waals surface area contributed by atoms with Gasteiger partial charge in [-0.3, -0.25) is 4.79 Å². The Labute approximate surface area is 197 Å². The Balaban J connectivity index is 1.53. The summed E-state index contributed by atoms with van der Waals surface area (Å²) in [5.41, 5.74) is 2.79. The average molecular weight is 442 g/mol. The summed E-state index contributed by atoms with van der Waals surface area (Å²) < 4.78 is 0. The molecule has 33 heavy (non-hydrogen) atoms. The first-order valence-electron chi connectivity index (χ1n) is 12.5. The fourth-order valence-corrected chi connectivity index (χ4v) is 6.45. The molecule has 3 nitrogen and oxygen atoms in total. The van der Waals surface area contributed by atoms with E-state index in [9.17, 15) is 9.90 Å². The van der Waals surface area contributed by atoms with Crippen LogP contribution >= 0.6 is 0 Å². The predicted molar refractivity (Wildman–Crippen MR) is 132 cm³/mol. The summed E-state index contributed by atoms with van der Waals surface area (Å²) in [7, 11) is 0. The van der Waals surface area contributed by atoms with Gasteiger partial charge in [0.2, 0.25) is 5.91 Å². The number of carbonyl (C=O) groups is 1. The van der Waals surface area contributed by atoms with Crippen LogP contribution in [-0.2, 0) is 10.4 Å². The molecule has 2 bridgehead atoms. The van der Waals surface area contributed by atoms with E-state index in [-0.39, 0.29) is 17.9 Å². The van der Waals surface area contributed by atoms with Crippen LogP contribution in [0.25, 0.3) is 0 Å². The molecule has 3 aliphatic carbocycles. The number of carbonyl (C=O) groups excluding carboxylic acids is 1. The zero-order valence-electron chi connectivity index (χ0n) is 19.9. The van der Waals surface area contributed by atoms with Crippen molar-refractivity contribution in [2.24, 2.45) is 23.7 Å². The molecule has 4 aliphatic rings. The van der Waals surface area contributed by atoms with Gasteiger partial charge >= 0.3 is 0 Å². The minimum absolute atomic E-state index is 0.117. The highest BCUT2D eigenvalue weighted by atomic mass is 16.3. The molecule has 3 heteroatoms. The summed E-state index contributed by atoms with van der Waals surface area (Å²) in [6.07, 6.45) is 7.42.